The summed E-state index contributed by atoms with van der Waals surface area (Å²) < 4.78 is 90.5. The van der Waals surface area contributed by atoms with Crippen molar-refractivity contribution in [2.75, 3.05) is 0 Å². The van der Waals surface area contributed by atoms with E-state index in [9.17, 15) is 26.3 Å². The minimum atomic E-state index is -4.72. The summed E-state index contributed by atoms with van der Waals surface area (Å²) in [6.07, 6.45) is -9.36. The average molecular weight is 702 g/mol. The van der Waals surface area contributed by atoms with Crippen LogP contribution in [0.2, 0.25) is 0 Å². The van der Waals surface area contributed by atoms with Gasteiger partial charge in [-0.15, -0.1) is 0 Å². The molecule has 0 aliphatic rings. The molecule has 0 aliphatic heterocycles. The van der Waals surface area contributed by atoms with E-state index in [4.69, 9.17) is 6.57 Å². The highest BCUT2D eigenvalue weighted by Crippen LogP contribution is 2.47. The molecule has 2 aromatic heterocycles. The fraction of sp³-hybridized carbons (Fsp3) is 0.140. The van der Waals surface area contributed by atoms with E-state index >= 15 is 0 Å². The summed E-state index contributed by atoms with van der Waals surface area (Å²) in [5.41, 5.74) is 4.34. The van der Waals surface area contributed by atoms with Crippen LogP contribution in [0.4, 0.5) is 32.0 Å². The standard InChI is InChI=1S/C43H29F6N3/c1-23-9-13-28-29-14-10-24(2)18-36(29)51(35(28)17-23)39-21-32(41-26(4)7-6-8-33(41)43(47,48)49)34(50-5)22-40(39)52-37-19-25(3)11-15-30(37)31-16-12-27(20-38(31)52)42(44,45)46/h6-22H,1-4H3. The largest absolute Gasteiger partial charge is 0.416 e. The van der Waals surface area contributed by atoms with Crippen LogP contribution in [0.15, 0.2) is 103 Å². The van der Waals surface area contributed by atoms with Crippen LogP contribution in [-0.4, -0.2) is 9.13 Å². The summed E-state index contributed by atoms with van der Waals surface area (Å²) >= 11 is 0. The van der Waals surface area contributed by atoms with Gasteiger partial charge in [-0.1, -0.05) is 54.6 Å². The van der Waals surface area contributed by atoms with Crippen molar-refractivity contribution < 1.29 is 26.3 Å². The fourth-order valence-corrected chi connectivity index (χ4v) is 7.54. The van der Waals surface area contributed by atoms with Crippen molar-refractivity contribution in [3.8, 4) is 22.5 Å². The zero-order valence-corrected chi connectivity index (χ0v) is 28.4. The molecule has 0 amide bonds. The Hall–Kier alpha value is -6.01. The highest BCUT2D eigenvalue weighted by Gasteiger charge is 2.36. The molecule has 258 valence electrons. The third-order valence-electron chi connectivity index (χ3n) is 9.87. The van der Waals surface area contributed by atoms with Gasteiger partial charge in [-0.25, -0.2) is 4.85 Å². The van der Waals surface area contributed by atoms with Crippen molar-refractivity contribution in [3.63, 3.8) is 0 Å². The number of rotatable bonds is 3. The van der Waals surface area contributed by atoms with Crippen LogP contribution in [-0.2, 0) is 12.4 Å². The highest BCUT2D eigenvalue weighted by atomic mass is 19.4. The molecule has 52 heavy (non-hydrogen) atoms. The van der Waals surface area contributed by atoms with E-state index < -0.39 is 23.5 Å². The molecule has 0 bridgehead atoms. The molecule has 0 atom stereocenters. The molecule has 0 radical (unpaired) electrons. The maximum atomic E-state index is 14.7. The number of hydrogen-bond donors (Lipinski definition) is 0. The molecule has 0 saturated heterocycles. The van der Waals surface area contributed by atoms with Crippen molar-refractivity contribution in [3.05, 3.63) is 148 Å². The molecule has 0 unspecified atom stereocenters. The van der Waals surface area contributed by atoms with Gasteiger partial charge in [-0.3, -0.25) is 0 Å². The Bertz CT molecular complexity index is 2770. The van der Waals surface area contributed by atoms with Crippen molar-refractivity contribution in [2.45, 2.75) is 40.0 Å². The van der Waals surface area contributed by atoms with Crippen molar-refractivity contribution in [2.24, 2.45) is 0 Å². The SMILES string of the molecule is [C-]#[N+]c1cc(-n2c3cc(C)ccc3c3ccc(C(F)(F)F)cc32)c(-n2c3cc(C)ccc3c3ccc(C)cc32)cc1-c1c(C)cccc1C(F)(F)F. The Morgan fingerprint density at radius 2 is 0.981 bits per heavy atom. The zero-order valence-electron chi connectivity index (χ0n) is 28.4. The lowest BCUT2D eigenvalue weighted by Crippen LogP contribution is -2.09. The van der Waals surface area contributed by atoms with E-state index in [2.05, 4.69) is 4.85 Å². The number of aryl methyl sites for hydroxylation is 4. The van der Waals surface area contributed by atoms with Gasteiger partial charge in [0.05, 0.1) is 51.1 Å². The molecule has 0 aliphatic carbocycles. The molecule has 9 heteroatoms. The number of halogens is 6. The third kappa shape index (κ3) is 5.12. The topological polar surface area (TPSA) is 14.2 Å². The van der Waals surface area contributed by atoms with E-state index in [0.29, 0.717) is 33.2 Å². The molecule has 0 fully saturated rings. The lowest BCUT2D eigenvalue weighted by Gasteiger charge is -2.22. The molecule has 2 heterocycles. The van der Waals surface area contributed by atoms with Crippen LogP contribution in [0.25, 0.3) is 71.0 Å². The van der Waals surface area contributed by atoms with Crippen LogP contribution in [0.3, 0.4) is 0 Å². The Balaban J connectivity index is 1.63. The van der Waals surface area contributed by atoms with Crippen LogP contribution < -0.4 is 0 Å². The van der Waals surface area contributed by atoms with Crippen molar-refractivity contribution >= 4 is 49.3 Å². The molecule has 8 rings (SSSR count). The first-order valence-electron chi connectivity index (χ1n) is 16.5. The third-order valence-corrected chi connectivity index (χ3v) is 9.87. The second-order valence-corrected chi connectivity index (χ2v) is 13.4. The summed E-state index contributed by atoms with van der Waals surface area (Å²) in [6, 6.07) is 28.2. The van der Waals surface area contributed by atoms with Crippen LogP contribution in [0.1, 0.15) is 33.4 Å². The minimum Gasteiger partial charge on any atom is -0.308 e. The molecular weight excluding hydrogens is 672 g/mol. The number of fused-ring (bicyclic) bond motifs is 6. The summed E-state index contributed by atoms with van der Waals surface area (Å²) in [6.45, 7) is 15.6. The predicted octanol–water partition coefficient (Wildman–Crippen LogP) is 13.4. The quantitative estimate of drug-likeness (QED) is 0.129. The van der Waals surface area contributed by atoms with Crippen LogP contribution in [0, 0.1) is 34.3 Å². The van der Waals surface area contributed by atoms with E-state index in [1.54, 1.807) is 23.6 Å². The lowest BCUT2D eigenvalue weighted by atomic mass is 9.92. The first-order valence-corrected chi connectivity index (χ1v) is 16.5. The maximum absolute atomic E-state index is 14.7. The normalized spacial score (nSPS) is 12.4. The summed E-state index contributed by atoms with van der Waals surface area (Å²) in [7, 11) is 0. The van der Waals surface area contributed by atoms with Gasteiger partial charge in [0.25, 0.3) is 0 Å². The van der Waals surface area contributed by atoms with Gasteiger partial charge in [0.1, 0.15) is 0 Å². The van der Waals surface area contributed by atoms with Gasteiger partial charge in [0.15, 0.2) is 5.69 Å². The first-order chi connectivity index (χ1) is 24.7. The zero-order chi connectivity index (χ0) is 36.9. The van der Waals surface area contributed by atoms with Gasteiger partial charge < -0.3 is 9.13 Å². The van der Waals surface area contributed by atoms with Crippen LogP contribution in [0.5, 0.6) is 0 Å². The molecule has 0 spiro atoms. The second kappa shape index (κ2) is 11.5. The van der Waals surface area contributed by atoms with Gasteiger partial charge >= 0.3 is 12.4 Å². The summed E-state index contributed by atoms with van der Waals surface area (Å²) in [4.78, 5) is 3.77. The molecule has 6 aromatic carbocycles. The summed E-state index contributed by atoms with van der Waals surface area (Å²) in [5, 5.41) is 3.05. The van der Waals surface area contributed by atoms with Gasteiger partial charge in [-0.05, 0) is 110 Å². The maximum Gasteiger partial charge on any atom is 0.416 e. The second-order valence-electron chi connectivity index (χ2n) is 13.4. The molecular formula is C43H29F6N3. The Labute approximate surface area is 294 Å². The van der Waals surface area contributed by atoms with E-state index in [1.807, 2.05) is 79.9 Å². The average Bonchev–Trinajstić information content (AvgIpc) is 3.57. The summed E-state index contributed by atoms with van der Waals surface area (Å²) in [5.74, 6) is 0. The molecule has 3 nitrogen and oxygen atoms in total. The van der Waals surface area contributed by atoms with E-state index in [1.165, 1.54) is 18.2 Å². The lowest BCUT2D eigenvalue weighted by molar-refractivity contribution is -0.138. The number of nitrogens with zero attached hydrogens (tertiary/aromatic N) is 3. The fourth-order valence-electron chi connectivity index (χ4n) is 7.54. The monoisotopic (exact) mass is 701 g/mol. The number of benzene rings is 6. The van der Waals surface area contributed by atoms with E-state index in [0.717, 1.165) is 56.7 Å². The first kappa shape index (κ1) is 33.2. The minimum absolute atomic E-state index is 0.0682. The molecule has 0 saturated carbocycles. The Morgan fingerprint density at radius 3 is 1.44 bits per heavy atom. The Morgan fingerprint density at radius 1 is 0.519 bits per heavy atom. The number of alkyl halides is 6. The highest BCUT2D eigenvalue weighted by molar-refractivity contribution is 6.12. The number of aromatic nitrogens is 2. The van der Waals surface area contributed by atoms with Crippen molar-refractivity contribution in [1.29, 1.82) is 0 Å². The predicted molar refractivity (Wildman–Crippen MR) is 196 cm³/mol. The van der Waals surface area contributed by atoms with Gasteiger partial charge in [-0.2, -0.15) is 26.3 Å². The Kier molecular flexibility index (Phi) is 7.33. The number of hydrogen-bond acceptors (Lipinski definition) is 0. The molecule has 0 N–H and O–H groups in total. The van der Waals surface area contributed by atoms with Crippen LogP contribution >= 0.6 is 0 Å². The van der Waals surface area contributed by atoms with E-state index in [-0.39, 0.29) is 22.3 Å². The smallest absolute Gasteiger partial charge is 0.308 e. The van der Waals surface area contributed by atoms with Gasteiger partial charge in [0, 0.05) is 21.5 Å². The van der Waals surface area contributed by atoms with Gasteiger partial charge in [0.2, 0.25) is 0 Å². The van der Waals surface area contributed by atoms with Crippen molar-refractivity contribution in [1.82, 2.24) is 9.13 Å². The molecule has 8 aromatic rings.